The van der Waals surface area contributed by atoms with E-state index in [1.807, 2.05) is 38.1 Å². The summed E-state index contributed by atoms with van der Waals surface area (Å²) in [6.45, 7) is 8.04. The van der Waals surface area contributed by atoms with Gasteiger partial charge in [-0.2, -0.15) is 0 Å². The van der Waals surface area contributed by atoms with E-state index < -0.39 is 0 Å². The van der Waals surface area contributed by atoms with Crippen molar-refractivity contribution in [2.24, 2.45) is 0 Å². The highest BCUT2D eigenvalue weighted by molar-refractivity contribution is 6.05. The summed E-state index contributed by atoms with van der Waals surface area (Å²) < 4.78 is 0. The van der Waals surface area contributed by atoms with Gasteiger partial charge >= 0.3 is 0 Å². The lowest BCUT2D eigenvalue weighted by Crippen LogP contribution is -2.30. The van der Waals surface area contributed by atoms with Gasteiger partial charge in [0.1, 0.15) is 0 Å². The minimum absolute atomic E-state index is 0.0650. The van der Waals surface area contributed by atoms with Crippen LogP contribution in [0.3, 0.4) is 0 Å². The smallest absolute Gasteiger partial charge is 0.255 e. The number of benzene rings is 2. The molecule has 0 aliphatic heterocycles. The van der Waals surface area contributed by atoms with Crippen LogP contribution in [0.2, 0.25) is 0 Å². The molecule has 24 heavy (non-hydrogen) atoms. The Morgan fingerprint density at radius 1 is 0.833 bits per heavy atom. The van der Waals surface area contributed by atoms with Crippen LogP contribution in [0.25, 0.3) is 0 Å². The highest BCUT2D eigenvalue weighted by Gasteiger charge is 2.10. The van der Waals surface area contributed by atoms with Gasteiger partial charge in [-0.1, -0.05) is 32.0 Å². The van der Waals surface area contributed by atoms with Gasteiger partial charge < -0.3 is 10.6 Å². The fraction of sp³-hybridized carbons (Fsp3) is 0.300. The molecule has 2 rings (SSSR count). The first-order chi connectivity index (χ1) is 11.4. The Morgan fingerprint density at radius 2 is 1.50 bits per heavy atom. The minimum atomic E-state index is -0.188. The van der Waals surface area contributed by atoms with Crippen molar-refractivity contribution in [3.63, 3.8) is 0 Å². The molecule has 0 radical (unpaired) electrons. The quantitative estimate of drug-likeness (QED) is 0.866. The molecule has 0 atom stereocenters. The molecule has 126 valence electrons. The summed E-state index contributed by atoms with van der Waals surface area (Å²) in [6.07, 6.45) is 0. The van der Waals surface area contributed by atoms with Crippen LogP contribution in [0, 0.1) is 0 Å². The van der Waals surface area contributed by atoms with Crippen LogP contribution >= 0.6 is 0 Å². The molecule has 0 aliphatic rings. The van der Waals surface area contributed by atoms with Crippen LogP contribution in [-0.4, -0.2) is 17.9 Å². The summed E-state index contributed by atoms with van der Waals surface area (Å²) in [7, 11) is 0. The topological polar surface area (TPSA) is 58.2 Å². The number of hydrogen-bond acceptors (Lipinski definition) is 2. The Morgan fingerprint density at radius 3 is 2.08 bits per heavy atom. The fourth-order valence-corrected chi connectivity index (χ4v) is 2.31. The molecule has 2 amide bonds. The summed E-state index contributed by atoms with van der Waals surface area (Å²) in [5, 5.41) is 5.67. The molecule has 0 spiro atoms. The fourth-order valence-electron chi connectivity index (χ4n) is 2.31. The van der Waals surface area contributed by atoms with Crippen LogP contribution < -0.4 is 10.6 Å². The molecular weight excluding hydrogens is 300 g/mol. The van der Waals surface area contributed by atoms with Crippen molar-refractivity contribution in [1.29, 1.82) is 0 Å². The zero-order valence-electron chi connectivity index (χ0n) is 14.6. The molecule has 0 fully saturated rings. The van der Waals surface area contributed by atoms with Gasteiger partial charge in [0.2, 0.25) is 0 Å². The van der Waals surface area contributed by atoms with Crippen LogP contribution in [0.4, 0.5) is 5.69 Å². The summed E-state index contributed by atoms with van der Waals surface area (Å²) in [5.74, 6) is 0.0902. The molecule has 0 heterocycles. The average Bonchev–Trinajstić information content (AvgIpc) is 2.54. The van der Waals surface area contributed by atoms with Crippen LogP contribution in [0.5, 0.6) is 0 Å². The first-order valence-corrected chi connectivity index (χ1v) is 8.19. The Hall–Kier alpha value is -2.62. The second-order valence-electron chi connectivity index (χ2n) is 6.44. The molecule has 4 nitrogen and oxygen atoms in total. The predicted molar refractivity (Wildman–Crippen MR) is 97.5 cm³/mol. The second kappa shape index (κ2) is 7.77. The molecule has 4 heteroatoms. The van der Waals surface area contributed by atoms with Gasteiger partial charge in [0.05, 0.1) is 0 Å². The molecule has 0 aromatic heterocycles. The normalized spacial score (nSPS) is 10.8. The van der Waals surface area contributed by atoms with Gasteiger partial charge in [0.15, 0.2) is 0 Å². The Balaban J connectivity index is 2.10. The summed E-state index contributed by atoms with van der Waals surface area (Å²) in [4.78, 5) is 24.4. The van der Waals surface area contributed by atoms with Crippen LogP contribution in [0.15, 0.2) is 48.5 Å². The number of hydrogen-bond donors (Lipinski definition) is 2. The predicted octanol–water partition coefficient (Wildman–Crippen LogP) is 4.20. The van der Waals surface area contributed by atoms with Crippen molar-refractivity contribution in [2.45, 2.75) is 39.7 Å². The van der Waals surface area contributed by atoms with Crippen molar-refractivity contribution < 1.29 is 9.59 Å². The van der Waals surface area contributed by atoms with E-state index in [9.17, 15) is 9.59 Å². The number of carbonyl (C=O) groups is 2. The maximum Gasteiger partial charge on any atom is 0.255 e. The van der Waals surface area contributed by atoms with E-state index in [1.165, 1.54) is 5.56 Å². The summed E-state index contributed by atoms with van der Waals surface area (Å²) >= 11 is 0. The molecule has 0 saturated carbocycles. The largest absolute Gasteiger partial charge is 0.350 e. The van der Waals surface area contributed by atoms with Crippen molar-refractivity contribution in [1.82, 2.24) is 5.32 Å². The Labute approximate surface area is 143 Å². The van der Waals surface area contributed by atoms with Crippen LogP contribution in [-0.2, 0) is 0 Å². The van der Waals surface area contributed by atoms with E-state index in [2.05, 4.69) is 24.5 Å². The SMILES string of the molecule is CC(C)NC(=O)c1cccc(NC(=O)c2ccc(C(C)C)cc2)c1. The standard InChI is InChI=1S/C20H24N2O2/c1-13(2)15-8-10-16(11-9-15)19(23)22-18-7-5-6-17(12-18)20(24)21-14(3)4/h5-14H,1-4H3,(H,21,24)(H,22,23). The van der Waals surface area contributed by atoms with E-state index in [1.54, 1.807) is 24.3 Å². The second-order valence-corrected chi connectivity index (χ2v) is 6.44. The van der Waals surface area contributed by atoms with Gasteiger partial charge in [0, 0.05) is 22.9 Å². The van der Waals surface area contributed by atoms with Crippen molar-refractivity contribution >= 4 is 17.5 Å². The monoisotopic (exact) mass is 324 g/mol. The lowest BCUT2D eigenvalue weighted by atomic mass is 10.0. The van der Waals surface area contributed by atoms with Gasteiger partial charge in [-0.3, -0.25) is 9.59 Å². The third-order valence-electron chi connectivity index (χ3n) is 3.64. The number of amides is 2. The number of nitrogens with one attached hydrogen (secondary N) is 2. The van der Waals surface area contributed by atoms with E-state index in [0.29, 0.717) is 22.7 Å². The zero-order valence-corrected chi connectivity index (χ0v) is 14.6. The minimum Gasteiger partial charge on any atom is -0.350 e. The molecule has 2 aromatic rings. The van der Waals surface area contributed by atoms with Gasteiger partial charge in [-0.25, -0.2) is 0 Å². The molecular formula is C20H24N2O2. The first-order valence-electron chi connectivity index (χ1n) is 8.19. The number of rotatable bonds is 5. The van der Waals surface area contributed by atoms with Gasteiger partial charge in [0.25, 0.3) is 11.8 Å². The maximum atomic E-state index is 12.3. The third-order valence-corrected chi connectivity index (χ3v) is 3.64. The first kappa shape index (κ1) is 17.7. The highest BCUT2D eigenvalue weighted by Crippen LogP contribution is 2.16. The molecule has 2 N–H and O–H groups in total. The van der Waals surface area contributed by atoms with E-state index >= 15 is 0 Å². The van der Waals surface area contributed by atoms with E-state index in [-0.39, 0.29) is 17.9 Å². The summed E-state index contributed by atoms with van der Waals surface area (Å²) in [5.41, 5.74) is 2.91. The van der Waals surface area contributed by atoms with Crippen molar-refractivity contribution in [2.75, 3.05) is 5.32 Å². The maximum absolute atomic E-state index is 12.3. The van der Waals surface area contributed by atoms with Gasteiger partial charge in [-0.05, 0) is 55.7 Å². The lowest BCUT2D eigenvalue weighted by molar-refractivity contribution is 0.0941. The average molecular weight is 324 g/mol. The van der Waals surface area contributed by atoms with E-state index in [4.69, 9.17) is 0 Å². The van der Waals surface area contributed by atoms with E-state index in [0.717, 1.165) is 0 Å². The van der Waals surface area contributed by atoms with Crippen molar-refractivity contribution in [3.8, 4) is 0 Å². The number of anilines is 1. The molecule has 0 bridgehead atoms. The molecule has 0 aliphatic carbocycles. The Kier molecular flexibility index (Phi) is 5.74. The van der Waals surface area contributed by atoms with Gasteiger partial charge in [-0.15, -0.1) is 0 Å². The number of carbonyl (C=O) groups excluding carboxylic acids is 2. The Bertz CT molecular complexity index is 719. The summed E-state index contributed by atoms with van der Waals surface area (Å²) in [6, 6.07) is 14.6. The third kappa shape index (κ3) is 4.69. The molecule has 0 saturated heterocycles. The zero-order chi connectivity index (χ0) is 17.7. The molecule has 2 aromatic carbocycles. The molecule has 0 unspecified atom stereocenters. The highest BCUT2D eigenvalue weighted by atomic mass is 16.2. The lowest BCUT2D eigenvalue weighted by Gasteiger charge is -2.11. The van der Waals surface area contributed by atoms with Crippen LogP contribution in [0.1, 0.15) is 59.9 Å². The van der Waals surface area contributed by atoms with Crippen molar-refractivity contribution in [3.05, 3.63) is 65.2 Å².